The third-order valence-electron chi connectivity index (χ3n) is 2.81. The number of oxime groups is 1. The number of nitrogens with zero attached hydrogens (tertiary/aromatic N) is 1. The van der Waals surface area contributed by atoms with Crippen molar-refractivity contribution in [3.8, 4) is 5.75 Å². The van der Waals surface area contributed by atoms with Crippen LogP contribution in [0.25, 0.3) is 0 Å². The highest BCUT2D eigenvalue weighted by Crippen LogP contribution is 2.24. The van der Waals surface area contributed by atoms with Gasteiger partial charge < -0.3 is 15.7 Å². The van der Waals surface area contributed by atoms with Crippen molar-refractivity contribution in [3.05, 3.63) is 29.8 Å². The molecule has 0 aliphatic heterocycles. The molecular weight excluding hydrogens is 228 g/mol. The van der Waals surface area contributed by atoms with Crippen LogP contribution in [0.1, 0.15) is 39.7 Å². The van der Waals surface area contributed by atoms with Crippen molar-refractivity contribution in [3.63, 3.8) is 0 Å². The first-order valence-corrected chi connectivity index (χ1v) is 6.13. The predicted octanol–water partition coefficient (Wildman–Crippen LogP) is 2.89. The van der Waals surface area contributed by atoms with Crippen molar-refractivity contribution in [2.24, 2.45) is 10.9 Å². The fraction of sp³-hybridized carbons (Fsp3) is 0.500. The van der Waals surface area contributed by atoms with Gasteiger partial charge in [-0.15, -0.1) is 0 Å². The number of benzene rings is 1. The van der Waals surface area contributed by atoms with Gasteiger partial charge in [0.2, 0.25) is 0 Å². The van der Waals surface area contributed by atoms with Crippen molar-refractivity contribution in [1.29, 1.82) is 0 Å². The summed E-state index contributed by atoms with van der Waals surface area (Å²) in [6.45, 7) is 8.41. The summed E-state index contributed by atoms with van der Waals surface area (Å²) < 4.78 is 5.67. The lowest BCUT2D eigenvalue weighted by atomic mass is 9.87. The van der Waals surface area contributed by atoms with E-state index < -0.39 is 6.10 Å². The van der Waals surface area contributed by atoms with Crippen LogP contribution in [0.2, 0.25) is 0 Å². The lowest BCUT2D eigenvalue weighted by Gasteiger charge is -2.20. The molecule has 1 aromatic carbocycles. The van der Waals surface area contributed by atoms with E-state index in [1.165, 1.54) is 5.56 Å². The van der Waals surface area contributed by atoms with Gasteiger partial charge >= 0.3 is 0 Å². The summed E-state index contributed by atoms with van der Waals surface area (Å²) in [6, 6.07) is 7.89. The molecule has 1 rings (SSSR count). The lowest BCUT2D eigenvalue weighted by Crippen LogP contribution is -2.33. The van der Waals surface area contributed by atoms with Gasteiger partial charge in [-0.3, -0.25) is 0 Å². The second-order valence-corrected chi connectivity index (χ2v) is 5.31. The molecular formula is C14H22N2O2. The van der Waals surface area contributed by atoms with Crippen LogP contribution in [0, 0.1) is 0 Å². The number of amidine groups is 1. The molecule has 18 heavy (non-hydrogen) atoms. The maximum atomic E-state index is 8.65. The highest BCUT2D eigenvalue weighted by atomic mass is 16.5. The van der Waals surface area contributed by atoms with Gasteiger partial charge in [0.15, 0.2) is 11.9 Å². The zero-order valence-electron chi connectivity index (χ0n) is 11.5. The molecule has 100 valence electrons. The SMILES string of the molecule is CCC(Oc1ccc(C(C)(C)C)cc1)C(N)=NO. The average Bonchev–Trinajstić information content (AvgIpc) is 2.34. The summed E-state index contributed by atoms with van der Waals surface area (Å²) in [5, 5.41) is 11.6. The normalized spacial score (nSPS) is 14.3. The van der Waals surface area contributed by atoms with Crippen LogP contribution < -0.4 is 10.5 Å². The Balaban J connectivity index is 2.80. The maximum Gasteiger partial charge on any atom is 0.180 e. The number of hydrogen-bond acceptors (Lipinski definition) is 3. The summed E-state index contributed by atoms with van der Waals surface area (Å²) in [4.78, 5) is 0. The van der Waals surface area contributed by atoms with E-state index in [2.05, 4.69) is 25.9 Å². The van der Waals surface area contributed by atoms with Gasteiger partial charge in [0, 0.05) is 0 Å². The van der Waals surface area contributed by atoms with Crippen LogP contribution in [0.4, 0.5) is 0 Å². The Morgan fingerprint density at radius 2 is 1.89 bits per heavy atom. The number of ether oxygens (including phenoxy) is 1. The van der Waals surface area contributed by atoms with Crippen LogP contribution in [0.3, 0.4) is 0 Å². The molecule has 0 saturated heterocycles. The Bertz CT molecular complexity index is 405. The Kier molecular flexibility index (Phi) is 4.59. The first-order valence-electron chi connectivity index (χ1n) is 6.13. The molecule has 0 spiro atoms. The van der Waals surface area contributed by atoms with E-state index in [9.17, 15) is 0 Å². The molecule has 0 aliphatic rings. The van der Waals surface area contributed by atoms with E-state index in [0.717, 1.165) is 5.75 Å². The first kappa shape index (κ1) is 14.4. The van der Waals surface area contributed by atoms with E-state index in [1.54, 1.807) is 0 Å². The van der Waals surface area contributed by atoms with Gasteiger partial charge in [-0.05, 0) is 29.5 Å². The third kappa shape index (κ3) is 3.65. The van der Waals surface area contributed by atoms with Gasteiger partial charge in [0.05, 0.1) is 0 Å². The fourth-order valence-electron chi connectivity index (χ4n) is 1.62. The smallest absolute Gasteiger partial charge is 0.180 e. The predicted molar refractivity (Wildman–Crippen MR) is 73.3 cm³/mol. The highest BCUT2D eigenvalue weighted by Gasteiger charge is 2.15. The van der Waals surface area contributed by atoms with E-state index in [0.29, 0.717) is 6.42 Å². The molecule has 0 bridgehead atoms. The molecule has 1 atom stereocenters. The molecule has 0 saturated carbocycles. The van der Waals surface area contributed by atoms with Crippen LogP contribution in [-0.4, -0.2) is 17.1 Å². The Morgan fingerprint density at radius 3 is 2.28 bits per heavy atom. The number of nitrogens with two attached hydrogens (primary N) is 1. The lowest BCUT2D eigenvalue weighted by molar-refractivity contribution is 0.246. The van der Waals surface area contributed by atoms with Crippen molar-refractivity contribution in [2.45, 2.75) is 45.6 Å². The highest BCUT2D eigenvalue weighted by molar-refractivity contribution is 5.84. The minimum absolute atomic E-state index is 0.0948. The topological polar surface area (TPSA) is 67.8 Å². The number of rotatable bonds is 4. The molecule has 4 nitrogen and oxygen atoms in total. The van der Waals surface area contributed by atoms with Crippen molar-refractivity contribution < 1.29 is 9.94 Å². The molecule has 1 unspecified atom stereocenters. The third-order valence-corrected chi connectivity index (χ3v) is 2.81. The maximum absolute atomic E-state index is 8.65. The van der Waals surface area contributed by atoms with Crippen LogP contribution >= 0.6 is 0 Å². The molecule has 0 amide bonds. The first-order chi connectivity index (χ1) is 8.38. The molecule has 1 aromatic rings. The molecule has 0 aliphatic carbocycles. The Morgan fingerprint density at radius 1 is 1.33 bits per heavy atom. The summed E-state index contributed by atoms with van der Waals surface area (Å²) in [6.07, 6.45) is 0.257. The summed E-state index contributed by atoms with van der Waals surface area (Å²) >= 11 is 0. The van der Waals surface area contributed by atoms with Gasteiger partial charge in [0.1, 0.15) is 5.75 Å². The van der Waals surface area contributed by atoms with Crippen LogP contribution in [0.5, 0.6) is 5.75 Å². The monoisotopic (exact) mass is 250 g/mol. The van der Waals surface area contributed by atoms with Crippen molar-refractivity contribution in [2.75, 3.05) is 0 Å². The molecule has 0 aromatic heterocycles. The van der Waals surface area contributed by atoms with E-state index >= 15 is 0 Å². The average molecular weight is 250 g/mol. The summed E-state index contributed by atoms with van der Waals surface area (Å²) in [5.41, 5.74) is 6.91. The number of hydrogen-bond donors (Lipinski definition) is 2. The molecule has 0 radical (unpaired) electrons. The Labute approximate surface area is 108 Å². The zero-order chi connectivity index (χ0) is 13.8. The minimum Gasteiger partial charge on any atom is -0.482 e. The van der Waals surface area contributed by atoms with Crippen molar-refractivity contribution in [1.82, 2.24) is 0 Å². The van der Waals surface area contributed by atoms with Gasteiger partial charge in [-0.1, -0.05) is 45.0 Å². The van der Waals surface area contributed by atoms with E-state index in [-0.39, 0.29) is 11.3 Å². The minimum atomic E-state index is -0.393. The second-order valence-electron chi connectivity index (χ2n) is 5.31. The van der Waals surface area contributed by atoms with E-state index in [1.807, 2.05) is 31.2 Å². The van der Waals surface area contributed by atoms with E-state index in [4.69, 9.17) is 15.7 Å². The molecule has 4 heteroatoms. The molecule has 0 heterocycles. The van der Waals surface area contributed by atoms with Gasteiger partial charge in [-0.25, -0.2) is 0 Å². The second kappa shape index (κ2) is 5.76. The quantitative estimate of drug-likeness (QED) is 0.373. The standard InChI is InChI=1S/C14H22N2O2/c1-5-12(13(15)16-17)18-11-8-6-10(7-9-11)14(2,3)4/h6-9,12,17H,5H2,1-4H3,(H2,15,16). The van der Waals surface area contributed by atoms with Gasteiger partial charge in [-0.2, -0.15) is 0 Å². The summed E-state index contributed by atoms with van der Waals surface area (Å²) in [7, 11) is 0. The van der Waals surface area contributed by atoms with Crippen molar-refractivity contribution >= 4 is 5.84 Å². The largest absolute Gasteiger partial charge is 0.482 e. The summed E-state index contributed by atoms with van der Waals surface area (Å²) in [5.74, 6) is 0.818. The fourth-order valence-corrected chi connectivity index (χ4v) is 1.62. The van der Waals surface area contributed by atoms with Gasteiger partial charge in [0.25, 0.3) is 0 Å². The van der Waals surface area contributed by atoms with Crippen LogP contribution in [0.15, 0.2) is 29.4 Å². The Hall–Kier alpha value is -1.71. The zero-order valence-corrected chi connectivity index (χ0v) is 11.5. The molecule has 3 N–H and O–H groups in total. The molecule has 0 fully saturated rings. The van der Waals surface area contributed by atoms with Crippen LogP contribution in [-0.2, 0) is 5.41 Å².